The molecule has 78 valence electrons. The van der Waals surface area contributed by atoms with Crippen molar-refractivity contribution in [3.8, 4) is 6.07 Å². The van der Waals surface area contributed by atoms with Crippen LogP contribution in [0.1, 0.15) is 12.1 Å². The molecule has 0 unspecified atom stereocenters. The molecule has 2 heterocycles. The highest BCUT2D eigenvalue weighted by atomic mass is 16.3. The van der Waals surface area contributed by atoms with Crippen LogP contribution in [0.3, 0.4) is 0 Å². The predicted molar refractivity (Wildman–Crippen MR) is 54.2 cm³/mol. The Labute approximate surface area is 88.0 Å². The minimum atomic E-state index is 0.193. The predicted octanol–water partition coefficient (Wildman–Crippen LogP) is 0.167. The van der Waals surface area contributed by atoms with E-state index in [9.17, 15) is 0 Å². The Morgan fingerprint density at radius 3 is 3.00 bits per heavy atom. The van der Waals surface area contributed by atoms with Crippen LogP contribution in [0.4, 0.5) is 5.82 Å². The van der Waals surface area contributed by atoms with E-state index in [2.05, 4.69) is 9.97 Å². The van der Waals surface area contributed by atoms with Gasteiger partial charge in [0, 0.05) is 38.0 Å². The third-order valence-corrected chi connectivity index (χ3v) is 2.63. The molecule has 1 aliphatic heterocycles. The summed E-state index contributed by atoms with van der Waals surface area (Å²) in [5.41, 5.74) is 0.357. The zero-order valence-electron chi connectivity index (χ0n) is 8.30. The zero-order valence-corrected chi connectivity index (χ0v) is 8.30. The number of rotatable bonds is 2. The molecule has 0 aromatic carbocycles. The summed E-state index contributed by atoms with van der Waals surface area (Å²) >= 11 is 0. The Morgan fingerprint density at radius 2 is 2.33 bits per heavy atom. The van der Waals surface area contributed by atoms with Gasteiger partial charge < -0.3 is 10.0 Å². The number of nitriles is 1. The van der Waals surface area contributed by atoms with E-state index in [1.807, 2.05) is 11.0 Å². The van der Waals surface area contributed by atoms with Gasteiger partial charge in [0.05, 0.1) is 0 Å². The molecule has 0 amide bonds. The van der Waals surface area contributed by atoms with Crippen molar-refractivity contribution in [3.63, 3.8) is 0 Å². The molecule has 0 aliphatic carbocycles. The average molecular weight is 204 g/mol. The summed E-state index contributed by atoms with van der Waals surface area (Å²) in [7, 11) is 0. The van der Waals surface area contributed by atoms with Crippen molar-refractivity contribution in [1.82, 2.24) is 9.97 Å². The van der Waals surface area contributed by atoms with Crippen LogP contribution in [-0.4, -0.2) is 34.8 Å². The molecule has 5 heteroatoms. The maximum absolute atomic E-state index is 9.03. The van der Waals surface area contributed by atoms with Gasteiger partial charge in [0.2, 0.25) is 0 Å². The van der Waals surface area contributed by atoms with E-state index in [0.717, 1.165) is 19.5 Å². The fourth-order valence-electron chi connectivity index (χ4n) is 1.82. The van der Waals surface area contributed by atoms with Gasteiger partial charge in [-0.25, -0.2) is 9.97 Å². The van der Waals surface area contributed by atoms with Crippen molar-refractivity contribution < 1.29 is 5.11 Å². The molecule has 0 saturated carbocycles. The van der Waals surface area contributed by atoms with Gasteiger partial charge in [-0.3, -0.25) is 0 Å². The van der Waals surface area contributed by atoms with E-state index in [4.69, 9.17) is 10.4 Å². The number of aliphatic hydroxyl groups is 1. The highest BCUT2D eigenvalue weighted by molar-refractivity contribution is 5.50. The van der Waals surface area contributed by atoms with Gasteiger partial charge >= 0.3 is 0 Å². The number of hydrogen-bond donors (Lipinski definition) is 1. The molecule has 1 saturated heterocycles. The Morgan fingerprint density at radius 1 is 1.53 bits per heavy atom. The summed E-state index contributed by atoms with van der Waals surface area (Å²) in [4.78, 5) is 10.1. The Hall–Kier alpha value is -1.67. The first kappa shape index (κ1) is 9.87. The van der Waals surface area contributed by atoms with Crippen molar-refractivity contribution in [1.29, 1.82) is 5.26 Å². The standard InChI is InChI=1S/C10H12N4O/c11-5-9-10(13-3-2-12-9)14-4-1-8(6-14)7-15/h2-3,8,15H,1,4,6-7H2/t8-/m1/s1. The van der Waals surface area contributed by atoms with Crippen LogP contribution in [0.15, 0.2) is 12.4 Å². The first-order valence-electron chi connectivity index (χ1n) is 4.92. The minimum absolute atomic E-state index is 0.193. The molecule has 15 heavy (non-hydrogen) atoms. The lowest BCUT2D eigenvalue weighted by molar-refractivity contribution is 0.238. The van der Waals surface area contributed by atoms with Crippen molar-refractivity contribution in [3.05, 3.63) is 18.1 Å². The number of aromatic nitrogens is 2. The van der Waals surface area contributed by atoms with E-state index in [1.54, 1.807) is 6.20 Å². The van der Waals surface area contributed by atoms with Gasteiger partial charge in [0.15, 0.2) is 11.5 Å². The molecule has 1 aromatic rings. The van der Waals surface area contributed by atoms with E-state index in [1.165, 1.54) is 6.20 Å². The van der Waals surface area contributed by atoms with Crippen molar-refractivity contribution in [2.24, 2.45) is 5.92 Å². The maximum atomic E-state index is 9.03. The third kappa shape index (κ3) is 1.90. The van der Waals surface area contributed by atoms with Gasteiger partial charge in [-0.1, -0.05) is 0 Å². The molecule has 5 nitrogen and oxygen atoms in total. The van der Waals surface area contributed by atoms with E-state index in [0.29, 0.717) is 17.4 Å². The van der Waals surface area contributed by atoms with Gasteiger partial charge in [-0.05, 0) is 6.42 Å². The van der Waals surface area contributed by atoms with Crippen LogP contribution in [0.25, 0.3) is 0 Å². The molecular weight excluding hydrogens is 192 g/mol. The van der Waals surface area contributed by atoms with Gasteiger partial charge in [0.1, 0.15) is 6.07 Å². The molecule has 1 N–H and O–H groups in total. The summed E-state index contributed by atoms with van der Waals surface area (Å²) < 4.78 is 0. The molecular formula is C10H12N4O. The van der Waals surface area contributed by atoms with E-state index in [-0.39, 0.29) is 6.61 Å². The van der Waals surface area contributed by atoms with Crippen LogP contribution in [0, 0.1) is 17.2 Å². The Balaban J connectivity index is 2.20. The van der Waals surface area contributed by atoms with E-state index >= 15 is 0 Å². The third-order valence-electron chi connectivity index (χ3n) is 2.63. The average Bonchev–Trinajstić information content (AvgIpc) is 2.77. The second-order valence-corrected chi connectivity index (χ2v) is 3.62. The molecule has 2 rings (SSSR count). The maximum Gasteiger partial charge on any atom is 0.183 e. The summed E-state index contributed by atoms with van der Waals surface area (Å²) in [6.45, 7) is 1.78. The van der Waals surface area contributed by atoms with Crippen LogP contribution in [-0.2, 0) is 0 Å². The Kier molecular flexibility index (Phi) is 2.79. The van der Waals surface area contributed by atoms with Crippen LogP contribution < -0.4 is 4.90 Å². The van der Waals surface area contributed by atoms with E-state index < -0.39 is 0 Å². The fourth-order valence-corrected chi connectivity index (χ4v) is 1.82. The SMILES string of the molecule is N#Cc1nccnc1N1CC[C@@H](CO)C1. The topological polar surface area (TPSA) is 73.0 Å². The van der Waals surface area contributed by atoms with Gasteiger partial charge in [-0.15, -0.1) is 0 Å². The minimum Gasteiger partial charge on any atom is -0.396 e. The molecule has 0 bridgehead atoms. The van der Waals surface area contributed by atoms with Crippen LogP contribution in [0.5, 0.6) is 0 Å². The second kappa shape index (κ2) is 4.24. The zero-order chi connectivity index (χ0) is 10.7. The number of hydrogen-bond acceptors (Lipinski definition) is 5. The summed E-state index contributed by atoms with van der Waals surface area (Å²) in [5.74, 6) is 0.925. The van der Waals surface area contributed by atoms with Crippen molar-refractivity contribution in [2.45, 2.75) is 6.42 Å². The molecule has 0 spiro atoms. The Bertz CT molecular complexity index is 387. The molecule has 1 aliphatic rings. The normalized spacial score (nSPS) is 20.3. The van der Waals surface area contributed by atoms with Crippen LogP contribution >= 0.6 is 0 Å². The van der Waals surface area contributed by atoms with Crippen molar-refractivity contribution >= 4 is 5.82 Å². The lowest BCUT2D eigenvalue weighted by Gasteiger charge is -2.17. The molecule has 1 fully saturated rings. The van der Waals surface area contributed by atoms with Gasteiger partial charge in [0.25, 0.3) is 0 Å². The monoisotopic (exact) mass is 204 g/mol. The quantitative estimate of drug-likeness (QED) is 0.743. The summed E-state index contributed by atoms with van der Waals surface area (Å²) in [6.07, 6.45) is 4.04. The largest absolute Gasteiger partial charge is 0.396 e. The molecule has 0 radical (unpaired) electrons. The van der Waals surface area contributed by atoms with Gasteiger partial charge in [-0.2, -0.15) is 5.26 Å². The summed E-state index contributed by atoms with van der Waals surface area (Å²) in [5, 5.41) is 17.9. The fraction of sp³-hybridized carbons (Fsp3) is 0.500. The number of nitrogens with zero attached hydrogens (tertiary/aromatic N) is 4. The first-order valence-corrected chi connectivity index (χ1v) is 4.92. The first-order chi connectivity index (χ1) is 7.35. The second-order valence-electron chi connectivity index (χ2n) is 3.62. The van der Waals surface area contributed by atoms with Crippen molar-refractivity contribution in [2.75, 3.05) is 24.6 Å². The van der Waals surface area contributed by atoms with Crippen LogP contribution in [0.2, 0.25) is 0 Å². The molecule has 1 atom stereocenters. The number of aliphatic hydroxyl groups excluding tert-OH is 1. The smallest absolute Gasteiger partial charge is 0.183 e. The lowest BCUT2D eigenvalue weighted by Crippen LogP contribution is -2.23. The highest BCUT2D eigenvalue weighted by Crippen LogP contribution is 2.23. The lowest BCUT2D eigenvalue weighted by atomic mass is 10.1. The highest BCUT2D eigenvalue weighted by Gasteiger charge is 2.24. The summed E-state index contributed by atoms with van der Waals surface area (Å²) in [6, 6.07) is 2.03. The number of anilines is 1. The molecule has 1 aromatic heterocycles.